The van der Waals surface area contributed by atoms with Gasteiger partial charge in [-0.1, -0.05) is 6.07 Å². The van der Waals surface area contributed by atoms with Crippen molar-refractivity contribution in [3.63, 3.8) is 0 Å². The van der Waals surface area contributed by atoms with Crippen molar-refractivity contribution in [2.75, 3.05) is 7.11 Å². The fraction of sp³-hybridized carbons (Fsp3) is 0.267. The van der Waals surface area contributed by atoms with Crippen molar-refractivity contribution < 1.29 is 37.4 Å². The first-order valence-electron chi connectivity index (χ1n) is 6.84. The highest BCUT2D eigenvalue weighted by atomic mass is 19.3. The van der Waals surface area contributed by atoms with Crippen LogP contribution in [0.25, 0.3) is 6.08 Å². The molecule has 0 aliphatic carbocycles. The van der Waals surface area contributed by atoms with Crippen LogP contribution < -0.4 is 20.5 Å². The Morgan fingerprint density at radius 2 is 1.92 bits per heavy atom. The van der Waals surface area contributed by atoms with E-state index in [1.165, 1.54) is 38.3 Å². The molecule has 0 radical (unpaired) electrons. The summed E-state index contributed by atoms with van der Waals surface area (Å²) in [4.78, 5) is 33.5. The lowest BCUT2D eigenvalue weighted by molar-refractivity contribution is -0.149. The molecule has 0 aliphatic rings. The predicted octanol–water partition coefficient (Wildman–Crippen LogP) is 1.44. The van der Waals surface area contributed by atoms with Crippen LogP contribution in [0.5, 0.6) is 11.5 Å². The van der Waals surface area contributed by atoms with Crippen LogP contribution in [-0.4, -0.2) is 37.7 Å². The highest BCUT2D eigenvalue weighted by molar-refractivity contribution is 5.97. The van der Waals surface area contributed by atoms with E-state index in [4.69, 9.17) is 15.2 Å². The number of esters is 1. The maximum absolute atomic E-state index is 12.2. The molecule has 0 saturated carbocycles. The third-order valence-corrected chi connectivity index (χ3v) is 2.72. The first kappa shape index (κ1) is 19.9. The smallest absolute Gasteiger partial charge is 0.387 e. The number of ether oxygens (including phenoxy) is 3. The molecule has 8 nitrogen and oxygen atoms in total. The van der Waals surface area contributed by atoms with Gasteiger partial charge >= 0.3 is 18.6 Å². The number of imide groups is 1. The van der Waals surface area contributed by atoms with E-state index < -0.39 is 30.6 Å². The van der Waals surface area contributed by atoms with Gasteiger partial charge in [-0.3, -0.25) is 10.1 Å². The molecule has 1 aromatic rings. The average Bonchev–Trinajstić information content (AvgIpc) is 2.52. The lowest BCUT2D eigenvalue weighted by Crippen LogP contribution is -2.42. The molecule has 10 heteroatoms. The van der Waals surface area contributed by atoms with Crippen molar-refractivity contribution in [2.24, 2.45) is 5.73 Å². The summed E-state index contributed by atoms with van der Waals surface area (Å²) in [7, 11) is 1.27. The van der Waals surface area contributed by atoms with Gasteiger partial charge in [0.2, 0.25) is 0 Å². The van der Waals surface area contributed by atoms with E-state index in [2.05, 4.69) is 4.74 Å². The van der Waals surface area contributed by atoms with Gasteiger partial charge in [0.05, 0.1) is 7.11 Å². The number of carbonyl (C=O) groups excluding carboxylic acids is 3. The zero-order chi connectivity index (χ0) is 19.0. The van der Waals surface area contributed by atoms with E-state index >= 15 is 0 Å². The van der Waals surface area contributed by atoms with Gasteiger partial charge in [-0.15, -0.1) is 0 Å². The number of amides is 3. The summed E-state index contributed by atoms with van der Waals surface area (Å²) >= 11 is 0. The number of hydrogen-bond donors (Lipinski definition) is 2. The van der Waals surface area contributed by atoms with Gasteiger partial charge in [0.15, 0.2) is 17.6 Å². The maximum atomic E-state index is 12.2. The monoisotopic (exact) mass is 358 g/mol. The third kappa shape index (κ3) is 6.85. The fourth-order valence-electron chi connectivity index (χ4n) is 1.64. The standard InChI is InChI=1S/C15H16F2N2O6/c1-8(13(21)19-15(18)22)24-12(20)6-4-9-3-5-10(25-14(16)17)11(7-9)23-2/h3-8,14H,1-2H3,(H3,18,19,21,22)/b6-4+. The summed E-state index contributed by atoms with van der Waals surface area (Å²) in [5, 5.41) is 1.77. The summed E-state index contributed by atoms with van der Waals surface area (Å²) in [6.07, 6.45) is 1.09. The summed E-state index contributed by atoms with van der Waals surface area (Å²) < 4.78 is 38.4. The molecule has 1 atom stereocenters. The molecular weight excluding hydrogens is 342 g/mol. The Kier molecular flexibility index (Phi) is 7.32. The molecule has 0 fully saturated rings. The minimum Gasteiger partial charge on any atom is -0.493 e. The molecule has 0 aliphatic heterocycles. The van der Waals surface area contributed by atoms with E-state index in [0.717, 1.165) is 6.08 Å². The highest BCUT2D eigenvalue weighted by Gasteiger charge is 2.17. The third-order valence-electron chi connectivity index (χ3n) is 2.72. The van der Waals surface area contributed by atoms with Crippen LogP contribution in [0.2, 0.25) is 0 Å². The largest absolute Gasteiger partial charge is 0.493 e. The molecule has 0 heterocycles. The molecular formula is C15H16F2N2O6. The number of nitrogens with two attached hydrogens (primary N) is 1. The zero-order valence-electron chi connectivity index (χ0n) is 13.3. The molecule has 136 valence electrons. The first-order valence-corrected chi connectivity index (χ1v) is 6.84. The van der Waals surface area contributed by atoms with Gasteiger partial charge in [0.25, 0.3) is 5.91 Å². The number of primary amides is 1. The number of hydrogen-bond acceptors (Lipinski definition) is 6. The van der Waals surface area contributed by atoms with Gasteiger partial charge < -0.3 is 19.9 Å². The number of halogens is 2. The highest BCUT2D eigenvalue weighted by Crippen LogP contribution is 2.29. The average molecular weight is 358 g/mol. The first-order chi connectivity index (χ1) is 11.7. The molecule has 3 amide bonds. The molecule has 0 bridgehead atoms. The van der Waals surface area contributed by atoms with E-state index in [1.807, 2.05) is 0 Å². The summed E-state index contributed by atoms with van der Waals surface area (Å²) in [5.74, 6) is -1.84. The Morgan fingerprint density at radius 1 is 1.24 bits per heavy atom. The predicted molar refractivity (Wildman–Crippen MR) is 81.9 cm³/mol. The maximum Gasteiger partial charge on any atom is 0.387 e. The second kappa shape index (κ2) is 9.21. The van der Waals surface area contributed by atoms with Crippen molar-refractivity contribution >= 4 is 24.0 Å². The molecule has 0 spiro atoms. The van der Waals surface area contributed by atoms with Crippen LogP contribution >= 0.6 is 0 Å². The van der Waals surface area contributed by atoms with E-state index in [0.29, 0.717) is 5.56 Å². The Labute approximate surface area is 141 Å². The van der Waals surface area contributed by atoms with Crippen molar-refractivity contribution in [1.82, 2.24) is 5.32 Å². The normalized spacial score (nSPS) is 11.9. The number of carbonyl (C=O) groups is 3. The van der Waals surface area contributed by atoms with Crippen LogP contribution in [0, 0.1) is 0 Å². The molecule has 0 aromatic heterocycles. The van der Waals surface area contributed by atoms with Crippen molar-refractivity contribution in [1.29, 1.82) is 0 Å². The molecule has 1 rings (SSSR count). The Hall–Kier alpha value is -3.17. The minimum absolute atomic E-state index is 0.0463. The van der Waals surface area contributed by atoms with Crippen molar-refractivity contribution in [3.05, 3.63) is 29.8 Å². The summed E-state index contributed by atoms with van der Waals surface area (Å²) in [5.41, 5.74) is 5.21. The topological polar surface area (TPSA) is 117 Å². The van der Waals surface area contributed by atoms with Crippen LogP contribution in [-0.2, 0) is 14.3 Å². The zero-order valence-corrected chi connectivity index (χ0v) is 13.3. The Balaban J connectivity index is 2.72. The van der Waals surface area contributed by atoms with Gasteiger partial charge in [-0.25, -0.2) is 9.59 Å². The SMILES string of the molecule is COc1cc(/C=C/C(=O)OC(C)C(=O)NC(N)=O)ccc1OC(F)F. The molecule has 25 heavy (non-hydrogen) atoms. The van der Waals surface area contributed by atoms with Gasteiger partial charge in [0, 0.05) is 6.08 Å². The lowest BCUT2D eigenvalue weighted by Gasteiger charge is -2.11. The number of alkyl halides is 2. The van der Waals surface area contributed by atoms with Gasteiger partial charge in [0.1, 0.15) is 0 Å². The Bertz CT molecular complexity index is 678. The van der Waals surface area contributed by atoms with E-state index in [9.17, 15) is 23.2 Å². The number of methoxy groups -OCH3 is 1. The number of rotatable bonds is 7. The number of urea groups is 1. The number of nitrogens with one attached hydrogen (secondary N) is 1. The lowest BCUT2D eigenvalue weighted by atomic mass is 10.2. The quantitative estimate of drug-likeness (QED) is 0.563. The van der Waals surface area contributed by atoms with Gasteiger partial charge in [-0.05, 0) is 30.7 Å². The molecule has 1 unspecified atom stereocenters. The summed E-state index contributed by atoms with van der Waals surface area (Å²) in [6, 6.07) is 2.96. The Morgan fingerprint density at radius 3 is 2.48 bits per heavy atom. The van der Waals surface area contributed by atoms with Crippen LogP contribution in [0.1, 0.15) is 12.5 Å². The van der Waals surface area contributed by atoms with E-state index in [-0.39, 0.29) is 11.5 Å². The van der Waals surface area contributed by atoms with Gasteiger partial charge in [-0.2, -0.15) is 8.78 Å². The van der Waals surface area contributed by atoms with Crippen molar-refractivity contribution in [3.8, 4) is 11.5 Å². The van der Waals surface area contributed by atoms with Crippen LogP contribution in [0.3, 0.4) is 0 Å². The van der Waals surface area contributed by atoms with Crippen LogP contribution in [0.4, 0.5) is 13.6 Å². The second-order valence-electron chi connectivity index (χ2n) is 4.55. The summed E-state index contributed by atoms with van der Waals surface area (Å²) in [6.45, 7) is -1.75. The van der Waals surface area contributed by atoms with Crippen LogP contribution in [0.15, 0.2) is 24.3 Å². The van der Waals surface area contributed by atoms with E-state index in [1.54, 1.807) is 5.32 Å². The minimum atomic E-state index is -3.00. The second-order valence-corrected chi connectivity index (χ2v) is 4.55. The fourth-order valence-corrected chi connectivity index (χ4v) is 1.64. The number of benzene rings is 1. The molecule has 0 saturated heterocycles. The molecule has 3 N–H and O–H groups in total. The van der Waals surface area contributed by atoms with Crippen molar-refractivity contribution in [2.45, 2.75) is 19.6 Å². The molecule has 1 aromatic carbocycles.